The number of amides is 1. The predicted molar refractivity (Wildman–Crippen MR) is 105 cm³/mol. The number of nitrogens with zero attached hydrogens (tertiary/aromatic N) is 1. The van der Waals surface area contributed by atoms with Gasteiger partial charge in [-0.2, -0.15) is 0 Å². The minimum atomic E-state index is 0.00782. The maximum atomic E-state index is 12.9. The van der Waals surface area contributed by atoms with Crippen LogP contribution in [-0.2, 0) is 11.3 Å². The van der Waals surface area contributed by atoms with E-state index in [2.05, 4.69) is 26.1 Å². The number of nitrogens with one attached hydrogen (secondary N) is 1. The second-order valence-electron chi connectivity index (χ2n) is 9.35. The highest BCUT2D eigenvalue weighted by atomic mass is 16.2. The van der Waals surface area contributed by atoms with Crippen LogP contribution >= 0.6 is 0 Å². The van der Waals surface area contributed by atoms with Gasteiger partial charge in [-0.05, 0) is 54.7 Å². The fourth-order valence-electron chi connectivity index (χ4n) is 4.85. The molecule has 0 saturated heterocycles. The molecule has 2 saturated carbocycles. The monoisotopic (exact) mass is 352 g/mol. The summed E-state index contributed by atoms with van der Waals surface area (Å²) < 4.78 is 1.77. The lowest BCUT2D eigenvalue weighted by Crippen LogP contribution is -2.28. The zero-order chi connectivity index (χ0) is 18.5. The van der Waals surface area contributed by atoms with Crippen LogP contribution in [0.4, 0.5) is 5.69 Å². The Hall–Kier alpha value is -2.10. The number of carbonyl (C=O) groups excluding carboxylic acids is 1. The van der Waals surface area contributed by atoms with Gasteiger partial charge in [0, 0.05) is 35.1 Å². The Labute approximate surface area is 154 Å². The van der Waals surface area contributed by atoms with Gasteiger partial charge >= 0.3 is 0 Å². The van der Waals surface area contributed by atoms with E-state index in [1.54, 1.807) is 4.57 Å². The Morgan fingerprint density at radius 1 is 1.15 bits per heavy atom. The lowest BCUT2D eigenvalue weighted by atomic mass is 9.88. The molecule has 138 valence electrons. The highest BCUT2D eigenvalue weighted by Crippen LogP contribution is 2.48. The zero-order valence-electron chi connectivity index (χ0n) is 15.9. The first kappa shape index (κ1) is 17.3. The molecular weight excluding hydrogens is 324 g/mol. The molecule has 4 nitrogen and oxygen atoms in total. The van der Waals surface area contributed by atoms with E-state index in [9.17, 15) is 9.59 Å². The van der Waals surface area contributed by atoms with Crippen molar-refractivity contribution in [1.82, 2.24) is 4.57 Å². The van der Waals surface area contributed by atoms with Crippen molar-refractivity contribution in [2.75, 3.05) is 5.32 Å². The number of carbonyl (C=O) groups is 1. The van der Waals surface area contributed by atoms with Crippen LogP contribution in [0, 0.1) is 23.2 Å². The average Bonchev–Trinajstić information content (AvgIpc) is 3.20. The van der Waals surface area contributed by atoms with Crippen LogP contribution in [0.2, 0.25) is 0 Å². The van der Waals surface area contributed by atoms with Crippen molar-refractivity contribution in [3.05, 3.63) is 40.8 Å². The first-order chi connectivity index (χ1) is 12.3. The Kier molecular flexibility index (Phi) is 4.17. The summed E-state index contributed by atoms with van der Waals surface area (Å²) in [6, 6.07) is 7.57. The van der Waals surface area contributed by atoms with E-state index in [-0.39, 0.29) is 22.8 Å². The quantitative estimate of drug-likeness (QED) is 0.889. The van der Waals surface area contributed by atoms with Gasteiger partial charge in [-0.15, -0.1) is 0 Å². The van der Waals surface area contributed by atoms with Crippen molar-refractivity contribution < 1.29 is 4.79 Å². The number of hydrogen-bond acceptors (Lipinski definition) is 2. The molecule has 0 radical (unpaired) electrons. The van der Waals surface area contributed by atoms with Gasteiger partial charge in [-0.3, -0.25) is 9.59 Å². The molecule has 3 atom stereocenters. The topological polar surface area (TPSA) is 51.1 Å². The molecule has 1 aromatic carbocycles. The Bertz CT molecular complexity index is 906. The minimum Gasteiger partial charge on any atom is -0.325 e. The Morgan fingerprint density at radius 3 is 2.62 bits per heavy atom. The fraction of sp³-hybridized carbons (Fsp3) is 0.545. The van der Waals surface area contributed by atoms with Gasteiger partial charge in [0.25, 0.3) is 5.56 Å². The summed E-state index contributed by atoms with van der Waals surface area (Å²) in [7, 11) is 0. The summed E-state index contributed by atoms with van der Waals surface area (Å²) in [4.78, 5) is 25.6. The van der Waals surface area contributed by atoms with Gasteiger partial charge in [0.15, 0.2) is 0 Å². The van der Waals surface area contributed by atoms with Crippen LogP contribution in [0.1, 0.15) is 46.5 Å². The molecule has 0 spiro atoms. The van der Waals surface area contributed by atoms with Crippen LogP contribution in [0.15, 0.2) is 35.3 Å². The van der Waals surface area contributed by atoms with E-state index >= 15 is 0 Å². The van der Waals surface area contributed by atoms with E-state index in [1.165, 1.54) is 19.3 Å². The van der Waals surface area contributed by atoms with Crippen molar-refractivity contribution in [3.8, 4) is 0 Å². The normalized spacial score (nSPS) is 25.0. The summed E-state index contributed by atoms with van der Waals surface area (Å²) in [6.45, 7) is 7.03. The van der Waals surface area contributed by atoms with Crippen molar-refractivity contribution in [3.63, 3.8) is 0 Å². The number of hydrogen-bond donors (Lipinski definition) is 1. The minimum absolute atomic E-state index is 0.00782. The van der Waals surface area contributed by atoms with Crippen LogP contribution in [-0.4, -0.2) is 10.5 Å². The van der Waals surface area contributed by atoms with Crippen molar-refractivity contribution in [2.24, 2.45) is 23.2 Å². The molecule has 2 aromatic rings. The number of benzene rings is 1. The summed E-state index contributed by atoms with van der Waals surface area (Å²) >= 11 is 0. The van der Waals surface area contributed by atoms with E-state index in [0.29, 0.717) is 17.8 Å². The van der Waals surface area contributed by atoms with Gasteiger partial charge < -0.3 is 9.88 Å². The number of anilines is 1. The van der Waals surface area contributed by atoms with Crippen LogP contribution in [0.3, 0.4) is 0 Å². The van der Waals surface area contributed by atoms with Crippen LogP contribution < -0.4 is 10.9 Å². The molecule has 2 bridgehead atoms. The van der Waals surface area contributed by atoms with E-state index in [1.807, 2.05) is 30.5 Å². The van der Waals surface area contributed by atoms with Gasteiger partial charge in [0.1, 0.15) is 0 Å². The van der Waals surface area contributed by atoms with Gasteiger partial charge in [-0.25, -0.2) is 0 Å². The second-order valence-corrected chi connectivity index (χ2v) is 9.35. The highest BCUT2D eigenvalue weighted by Gasteiger charge is 2.43. The van der Waals surface area contributed by atoms with Gasteiger partial charge in [0.05, 0.1) is 0 Å². The number of aromatic nitrogens is 1. The number of pyridine rings is 1. The predicted octanol–water partition coefficient (Wildman–Crippen LogP) is 4.42. The highest BCUT2D eigenvalue weighted by molar-refractivity contribution is 6.02. The maximum Gasteiger partial charge on any atom is 0.258 e. The zero-order valence-corrected chi connectivity index (χ0v) is 15.9. The molecule has 2 fully saturated rings. The molecule has 1 N–H and O–H groups in total. The fourth-order valence-corrected chi connectivity index (χ4v) is 4.85. The summed E-state index contributed by atoms with van der Waals surface area (Å²) in [5, 5.41) is 4.62. The maximum absolute atomic E-state index is 12.9. The molecule has 4 heteroatoms. The summed E-state index contributed by atoms with van der Waals surface area (Å²) in [6.07, 6.45) is 6.57. The molecule has 1 unspecified atom stereocenters. The summed E-state index contributed by atoms with van der Waals surface area (Å²) in [5.41, 5.74) is 0.800. The molecule has 0 aliphatic heterocycles. The van der Waals surface area contributed by atoms with Crippen molar-refractivity contribution in [1.29, 1.82) is 0 Å². The smallest absolute Gasteiger partial charge is 0.258 e. The first-order valence-electron chi connectivity index (χ1n) is 9.75. The third-order valence-corrected chi connectivity index (χ3v) is 6.00. The van der Waals surface area contributed by atoms with Crippen molar-refractivity contribution in [2.45, 2.75) is 53.0 Å². The lowest BCUT2D eigenvalue weighted by molar-refractivity contribution is -0.121. The Morgan fingerprint density at radius 2 is 1.96 bits per heavy atom. The number of rotatable bonds is 3. The van der Waals surface area contributed by atoms with Crippen LogP contribution in [0.25, 0.3) is 10.8 Å². The molecule has 2 aliphatic carbocycles. The van der Waals surface area contributed by atoms with Crippen LogP contribution in [0.5, 0.6) is 0 Å². The summed E-state index contributed by atoms with van der Waals surface area (Å²) in [5.74, 6) is 1.57. The van der Waals surface area contributed by atoms with E-state index in [0.717, 1.165) is 23.4 Å². The van der Waals surface area contributed by atoms with E-state index in [4.69, 9.17) is 0 Å². The number of fused-ring (bicyclic) bond motifs is 3. The molecular formula is C22H28N2O2. The largest absolute Gasteiger partial charge is 0.325 e. The molecule has 1 heterocycles. The van der Waals surface area contributed by atoms with Gasteiger partial charge in [-0.1, -0.05) is 33.3 Å². The molecule has 4 rings (SSSR count). The third kappa shape index (κ3) is 3.17. The van der Waals surface area contributed by atoms with Gasteiger partial charge in [0.2, 0.25) is 5.91 Å². The second kappa shape index (κ2) is 6.26. The SMILES string of the molecule is CC(C)(C)Cn1ccc2c(NC(=O)C3C[C@@H]4CC[C@H]3C4)cccc2c1=O. The Balaban J connectivity index is 1.63. The van der Waals surface area contributed by atoms with E-state index < -0.39 is 0 Å². The van der Waals surface area contributed by atoms with Crippen molar-refractivity contribution >= 4 is 22.4 Å². The third-order valence-electron chi connectivity index (χ3n) is 6.00. The standard InChI is InChI=1S/C22H28N2O2/c1-22(2,3)13-24-10-9-16-17(21(24)26)5-4-6-19(16)23-20(25)18-12-14-7-8-15(18)11-14/h4-6,9-10,14-15,18H,7-8,11-13H2,1-3H3,(H,23,25)/t14-,15+,18?/m1/s1. The first-order valence-corrected chi connectivity index (χ1v) is 9.75. The molecule has 26 heavy (non-hydrogen) atoms. The average molecular weight is 352 g/mol. The molecule has 1 amide bonds. The molecule has 2 aliphatic rings. The molecule has 1 aromatic heterocycles. The lowest BCUT2D eigenvalue weighted by Gasteiger charge is -2.22.